The molecule has 0 atom stereocenters. The van der Waals surface area contributed by atoms with Gasteiger partial charge in [0.25, 0.3) is 10.0 Å². The molecule has 0 amide bonds. The van der Waals surface area contributed by atoms with Crippen molar-refractivity contribution in [3.63, 3.8) is 0 Å². The lowest BCUT2D eigenvalue weighted by Crippen LogP contribution is -2.16. The summed E-state index contributed by atoms with van der Waals surface area (Å²) in [7, 11) is -3.06. The van der Waals surface area contributed by atoms with Gasteiger partial charge in [0.15, 0.2) is 0 Å². The van der Waals surface area contributed by atoms with E-state index in [0.29, 0.717) is 10.4 Å². The Morgan fingerprint density at radius 2 is 1.92 bits per heavy atom. The van der Waals surface area contributed by atoms with E-state index in [9.17, 15) is 17.6 Å². The molecule has 0 saturated carbocycles. The number of hydrogen-bond donors (Lipinski definition) is 1. The summed E-state index contributed by atoms with van der Waals surface area (Å²) in [5.41, 5.74) is 1.18. The molecular formula is C17H14FNO4S2. The van der Waals surface area contributed by atoms with Crippen LogP contribution in [0.15, 0.2) is 47.4 Å². The number of benzene rings is 2. The maximum absolute atomic E-state index is 14.3. The van der Waals surface area contributed by atoms with E-state index < -0.39 is 26.7 Å². The van der Waals surface area contributed by atoms with Crippen LogP contribution in [-0.2, 0) is 14.8 Å². The SMILES string of the molecule is COC(=O)c1sc2cccc(F)c2c1S(=O)(=O)Nc1cccc(C)c1. The highest BCUT2D eigenvalue weighted by molar-refractivity contribution is 7.93. The van der Waals surface area contributed by atoms with Crippen molar-refractivity contribution in [2.24, 2.45) is 0 Å². The number of esters is 1. The molecule has 0 bridgehead atoms. The molecule has 3 rings (SSSR count). The normalized spacial score (nSPS) is 11.5. The number of fused-ring (bicyclic) bond motifs is 1. The Hall–Kier alpha value is -2.45. The smallest absolute Gasteiger partial charge is 0.349 e. The molecule has 3 aromatic rings. The standard InChI is InChI=1S/C17H14FNO4S2/c1-10-5-3-6-11(9-10)19-25(21,22)16-14-12(18)7-4-8-13(14)24-15(16)17(20)23-2/h3-9,19H,1-2H3. The van der Waals surface area contributed by atoms with Crippen molar-refractivity contribution in [2.75, 3.05) is 11.8 Å². The van der Waals surface area contributed by atoms with Crippen LogP contribution in [0.25, 0.3) is 10.1 Å². The van der Waals surface area contributed by atoms with E-state index in [1.807, 2.05) is 13.0 Å². The number of aryl methyl sites for hydroxylation is 1. The van der Waals surface area contributed by atoms with Crippen LogP contribution in [0.1, 0.15) is 15.2 Å². The van der Waals surface area contributed by atoms with Crippen molar-refractivity contribution in [1.29, 1.82) is 0 Å². The molecule has 5 nitrogen and oxygen atoms in total. The molecule has 0 aliphatic heterocycles. The van der Waals surface area contributed by atoms with Crippen LogP contribution in [0.5, 0.6) is 0 Å². The minimum atomic E-state index is -4.20. The van der Waals surface area contributed by atoms with Crippen molar-refractivity contribution in [1.82, 2.24) is 0 Å². The average Bonchev–Trinajstić information content (AvgIpc) is 2.95. The fourth-order valence-electron chi connectivity index (χ4n) is 2.48. The highest BCUT2D eigenvalue weighted by Crippen LogP contribution is 2.37. The second-order valence-electron chi connectivity index (χ2n) is 5.34. The maximum Gasteiger partial charge on any atom is 0.349 e. The van der Waals surface area contributed by atoms with Crippen molar-refractivity contribution < 1.29 is 22.3 Å². The number of rotatable bonds is 4. The Balaban J connectivity index is 2.23. The van der Waals surface area contributed by atoms with Crippen molar-refractivity contribution in [3.8, 4) is 0 Å². The summed E-state index contributed by atoms with van der Waals surface area (Å²) in [4.78, 5) is 11.5. The van der Waals surface area contributed by atoms with E-state index in [-0.39, 0.29) is 10.3 Å². The minimum absolute atomic E-state index is 0.118. The molecule has 0 radical (unpaired) electrons. The van der Waals surface area contributed by atoms with Crippen molar-refractivity contribution >= 4 is 43.1 Å². The van der Waals surface area contributed by atoms with Gasteiger partial charge in [-0.25, -0.2) is 17.6 Å². The lowest BCUT2D eigenvalue weighted by molar-refractivity contribution is 0.0602. The Morgan fingerprint density at radius 3 is 2.60 bits per heavy atom. The van der Waals surface area contributed by atoms with E-state index >= 15 is 0 Å². The van der Waals surface area contributed by atoms with Crippen LogP contribution in [-0.4, -0.2) is 21.5 Å². The molecule has 130 valence electrons. The first-order valence-electron chi connectivity index (χ1n) is 7.22. The zero-order valence-corrected chi connectivity index (χ0v) is 15.0. The molecule has 2 aromatic carbocycles. The zero-order valence-electron chi connectivity index (χ0n) is 13.4. The summed E-state index contributed by atoms with van der Waals surface area (Å²) in [6.45, 7) is 1.82. The van der Waals surface area contributed by atoms with Crippen LogP contribution < -0.4 is 4.72 Å². The van der Waals surface area contributed by atoms with Crippen LogP contribution in [0.3, 0.4) is 0 Å². The highest BCUT2D eigenvalue weighted by Gasteiger charge is 2.30. The number of sulfonamides is 1. The van der Waals surface area contributed by atoms with E-state index in [1.54, 1.807) is 24.3 Å². The van der Waals surface area contributed by atoms with Gasteiger partial charge in [-0.1, -0.05) is 18.2 Å². The lowest BCUT2D eigenvalue weighted by atomic mass is 10.2. The quantitative estimate of drug-likeness (QED) is 0.697. The Kier molecular flexibility index (Phi) is 4.49. The summed E-state index contributed by atoms with van der Waals surface area (Å²) in [6, 6.07) is 10.9. The third kappa shape index (κ3) is 3.22. The fourth-order valence-corrected chi connectivity index (χ4v) is 5.37. The fraction of sp³-hybridized carbons (Fsp3) is 0.118. The molecule has 0 unspecified atom stereocenters. The van der Waals surface area contributed by atoms with Crippen LogP contribution in [0.4, 0.5) is 10.1 Å². The number of carbonyl (C=O) groups is 1. The summed E-state index contributed by atoms with van der Waals surface area (Å²) in [5.74, 6) is -1.54. The highest BCUT2D eigenvalue weighted by atomic mass is 32.2. The molecule has 0 fully saturated rings. The monoisotopic (exact) mass is 379 g/mol. The molecule has 25 heavy (non-hydrogen) atoms. The van der Waals surface area contributed by atoms with Crippen LogP contribution >= 0.6 is 11.3 Å². The molecule has 1 heterocycles. The van der Waals surface area contributed by atoms with Gasteiger partial charge in [0.1, 0.15) is 15.6 Å². The second kappa shape index (κ2) is 6.45. The van der Waals surface area contributed by atoms with Crippen LogP contribution in [0.2, 0.25) is 0 Å². The third-order valence-corrected chi connectivity index (χ3v) is 6.24. The number of anilines is 1. The molecule has 0 spiro atoms. The van der Waals surface area contributed by atoms with Crippen molar-refractivity contribution in [3.05, 3.63) is 58.7 Å². The number of hydrogen-bond acceptors (Lipinski definition) is 5. The summed E-state index contributed by atoms with van der Waals surface area (Å²) < 4.78 is 47.6. The number of nitrogens with one attached hydrogen (secondary N) is 1. The summed E-state index contributed by atoms with van der Waals surface area (Å²) in [6.07, 6.45) is 0. The first kappa shape index (κ1) is 17.4. The summed E-state index contributed by atoms with van der Waals surface area (Å²) in [5, 5.41) is -0.118. The zero-order chi connectivity index (χ0) is 18.2. The van der Waals surface area contributed by atoms with Gasteiger partial charge in [-0.3, -0.25) is 4.72 Å². The third-order valence-electron chi connectivity index (χ3n) is 3.53. The van der Waals surface area contributed by atoms with Gasteiger partial charge in [0, 0.05) is 15.8 Å². The lowest BCUT2D eigenvalue weighted by Gasteiger charge is -2.10. The number of ether oxygens (including phenoxy) is 1. The van der Waals surface area contributed by atoms with Gasteiger partial charge in [0.05, 0.1) is 7.11 Å². The minimum Gasteiger partial charge on any atom is -0.465 e. The summed E-state index contributed by atoms with van der Waals surface area (Å²) >= 11 is 0.878. The number of halogens is 1. The topological polar surface area (TPSA) is 72.5 Å². The number of methoxy groups -OCH3 is 1. The predicted octanol–water partition coefficient (Wildman–Crippen LogP) is 3.94. The Labute approximate surface area is 148 Å². The van der Waals surface area contributed by atoms with Crippen molar-refractivity contribution in [2.45, 2.75) is 11.8 Å². The maximum atomic E-state index is 14.3. The van der Waals surface area contributed by atoms with E-state index in [1.165, 1.54) is 6.07 Å². The van der Waals surface area contributed by atoms with E-state index in [4.69, 9.17) is 0 Å². The first-order chi connectivity index (χ1) is 11.8. The first-order valence-corrected chi connectivity index (χ1v) is 9.52. The molecule has 1 aromatic heterocycles. The Bertz CT molecular complexity index is 1070. The van der Waals surface area contributed by atoms with Gasteiger partial charge >= 0.3 is 5.97 Å². The molecule has 1 N–H and O–H groups in total. The van der Waals surface area contributed by atoms with Gasteiger partial charge < -0.3 is 4.74 Å². The van der Waals surface area contributed by atoms with Crippen LogP contribution in [0, 0.1) is 12.7 Å². The van der Waals surface area contributed by atoms with Gasteiger partial charge in [-0.2, -0.15) is 0 Å². The second-order valence-corrected chi connectivity index (χ2v) is 8.01. The molecule has 0 saturated heterocycles. The van der Waals surface area contributed by atoms with E-state index in [2.05, 4.69) is 9.46 Å². The van der Waals surface area contributed by atoms with Gasteiger partial charge in [-0.15, -0.1) is 11.3 Å². The number of thiophene rings is 1. The largest absolute Gasteiger partial charge is 0.465 e. The van der Waals surface area contributed by atoms with Gasteiger partial charge in [0.2, 0.25) is 0 Å². The van der Waals surface area contributed by atoms with E-state index in [0.717, 1.165) is 30.1 Å². The molecule has 0 aliphatic carbocycles. The Morgan fingerprint density at radius 1 is 1.20 bits per heavy atom. The molecular weight excluding hydrogens is 365 g/mol. The molecule has 0 aliphatic rings. The average molecular weight is 379 g/mol. The predicted molar refractivity (Wildman–Crippen MR) is 95.1 cm³/mol. The van der Waals surface area contributed by atoms with Gasteiger partial charge in [-0.05, 0) is 36.8 Å². The number of carbonyl (C=O) groups excluding carboxylic acids is 1. The molecule has 8 heteroatoms.